The van der Waals surface area contributed by atoms with Gasteiger partial charge in [0.25, 0.3) is 5.91 Å². The minimum absolute atomic E-state index is 0.0394. The van der Waals surface area contributed by atoms with Gasteiger partial charge in [-0.1, -0.05) is 13.8 Å². The Morgan fingerprint density at radius 1 is 1.42 bits per heavy atom. The molecule has 0 heterocycles. The summed E-state index contributed by atoms with van der Waals surface area (Å²) in [5.74, 6) is -2.23. The Hall–Kier alpha value is -2.11. The van der Waals surface area contributed by atoms with E-state index in [1.165, 1.54) is 12.1 Å². The summed E-state index contributed by atoms with van der Waals surface area (Å²) in [6.45, 7) is 3.61. The van der Waals surface area contributed by atoms with Crippen molar-refractivity contribution in [3.63, 3.8) is 0 Å². The summed E-state index contributed by atoms with van der Waals surface area (Å²) >= 11 is 0. The Balaban J connectivity index is 2.81. The summed E-state index contributed by atoms with van der Waals surface area (Å²) in [4.78, 5) is 22.6. The minimum Gasteiger partial charge on any atom is -0.481 e. The maximum absolute atomic E-state index is 13.2. The molecule has 19 heavy (non-hydrogen) atoms. The molecular formula is C13H17FN2O3. The Morgan fingerprint density at radius 3 is 2.53 bits per heavy atom. The summed E-state index contributed by atoms with van der Waals surface area (Å²) < 4.78 is 13.2. The number of hydrogen-bond donors (Lipinski definition) is 3. The van der Waals surface area contributed by atoms with Gasteiger partial charge in [0.05, 0.1) is 12.1 Å². The van der Waals surface area contributed by atoms with Crippen LogP contribution >= 0.6 is 0 Å². The van der Waals surface area contributed by atoms with Crippen LogP contribution in [0.5, 0.6) is 0 Å². The van der Waals surface area contributed by atoms with Crippen LogP contribution in [0.4, 0.5) is 10.1 Å². The first-order valence-electron chi connectivity index (χ1n) is 5.89. The lowest BCUT2D eigenvalue weighted by molar-refractivity contribution is -0.137. The highest BCUT2D eigenvalue weighted by Crippen LogP contribution is 2.13. The topological polar surface area (TPSA) is 92.4 Å². The summed E-state index contributed by atoms with van der Waals surface area (Å²) in [5.41, 5.74) is 5.39. The van der Waals surface area contributed by atoms with Crippen LogP contribution in [0.15, 0.2) is 18.2 Å². The van der Waals surface area contributed by atoms with Crippen LogP contribution in [0.1, 0.15) is 30.6 Å². The van der Waals surface area contributed by atoms with Crippen LogP contribution in [0, 0.1) is 11.7 Å². The third-order valence-corrected chi connectivity index (χ3v) is 2.78. The van der Waals surface area contributed by atoms with Crippen molar-refractivity contribution in [2.24, 2.45) is 5.92 Å². The first-order valence-corrected chi connectivity index (χ1v) is 5.89. The molecule has 0 saturated carbocycles. The quantitative estimate of drug-likeness (QED) is 0.708. The molecule has 0 bridgehead atoms. The number of carboxylic acids is 1. The fraction of sp³-hybridized carbons (Fsp3) is 0.385. The third-order valence-electron chi connectivity index (χ3n) is 2.78. The van der Waals surface area contributed by atoms with Gasteiger partial charge in [0, 0.05) is 11.6 Å². The molecule has 0 spiro atoms. The summed E-state index contributed by atoms with van der Waals surface area (Å²) in [6, 6.07) is 3.21. The molecule has 0 aliphatic carbocycles. The summed E-state index contributed by atoms with van der Waals surface area (Å²) in [6.07, 6.45) is -0.180. The van der Waals surface area contributed by atoms with Crippen molar-refractivity contribution in [2.75, 3.05) is 5.73 Å². The number of halogens is 1. The van der Waals surface area contributed by atoms with Crippen LogP contribution in [-0.4, -0.2) is 23.0 Å². The number of amides is 1. The molecule has 0 aromatic heterocycles. The van der Waals surface area contributed by atoms with Crippen LogP contribution in [0.3, 0.4) is 0 Å². The van der Waals surface area contributed by atoms with Gasteiger partial charge in [0.1, 0.15) is 5.82 Å². The second-order valence-electron chi connectivity index (χ2n) is 4.66. The van der Waals surface area contributed by atoms with Gasteiger partial charge in [-0.15, -0.1) is 0 Å². The van der Waals surface area contributed by atoms with Gasteiger partial charge in [0.2, 0.25) is 0 Å². The molecule has 0 aliphatic rings. The number of nitrogens with two attached hydrogens (primary N) is 1. The van der Waals surface area contributed by atoms with Crippen molar-refractivity contribution in [1.82, 2.24) is 5.32 Å². The van der Waals surface area contributed by atoms with Crippen molar-refractivity contribution in [3.8, 4) is 0 Å². The number of benzene rings is 1. The predicted molar refractivity (Wildman–Crippen MR) is 69.2 cm³/mol. The standard InChI is InChI=1S/C13H17FN2O3/c1-7(2)11(6-12(17)18)16-13(19)8-3-4-10(15)9(14)5-8/h3-5,7,11H,6,15H2,1-2H3,(H,16,19)(H,17,18). The lowest BCUT2D eigenvalue weighted by Crippen LogP contribution is -2.40. The predicted octanol–water partition coefficient (Wildman–Crippen LogP) is 1.64. The highest BCUT2D eigenvalue weighted by molar-refractivity contribution is 5.95. The van der Waals surface area contributed by atoms with Crippen molar-refractivity contribution < 1.29 is 19.1 Å². The third kappa shape index (κ3) is 4.24. The van der Waals surface area contributed by atoms with E-state index in [-0.39, 0.29) is 23.6 Å². The monoisotopic (exact) mass is 268 g/mol. The van der Waals surface area contributed by atoms with Gasteiger partial charge in [-0.3, -0.25) is 9.59 Å². The molecular weight excluding hydrogens is 251 g/mol. The Morgan fingerprint density at radius 2 is 2.05 bits per heavy atom. The molecule has 1 amide bonds. The molecule has 0 radical (unpaired) electrons. The van der Waals surface area contributed by atoms with Gasteiger partial charge in [0.15, 0.2) is 0 Å². The number of nitrogens with one attached hydrogen (secondary N) is 1. The van der Waals surface area contributed by atoms with E-state index in [2.05, 4.69) is 5.32 Å². The second-order valence-corrected chi connectivity index (χ2v) is 4.66. The molecule has 5 nitrogen and oxygen atoms in total. The maximum Gasteiger partial charge on any atom is 0.305 e. The minimum atomic E-state index is -0.998. The molecule has 1 aromatic rings. The molecule has 0 saturated heterocycles. The summed E-state index contributed by atoms with van der Waals surface area (Å²) in [5, 5.41) is 11.4. The van der Waals surface area contributed by atoms with Crippen molar-refractivity contribution >= 4 is 17.6 Å². The fourth-order valence-corrected chi connectivity index (χ4v) is 1.56. The molecule has 1 aromatic carbocycles. The van der Waals surface area contributed by atoms with Gasteiger partial charge in [-0.05, 0) is 24.1 Å². The Bertz CT molecular complexity index is 489. The number of aliphatic carboxylic acids is 1. The molecule has 0 aliphatic heterocycles. The molecule has 1 atom stereocenters. The molecule has 0 fully saturated rings. The first kappa shape index (κ1) is 14.9. The van der Waals surface area contributed by atoms with E-state index in [0.29, 0.717) is 0 Å². The van der Waals surface area contributed by atoms with E-state index >= 15 is 0 Å². The van der Waals surface area contributed by atoms with Gasteiger partial charge >= 0.3 is 5.97 Å². The molecule has 104 valence electrons. The van der Waals surface area contributed by atoms with Gasteiger partial charge in [-0.2, -0.15) is 0 Å². The zero-order chi connectivity index (χ0) is 14.6. The number of carbonyl (C=O) groups is 2. The van der Waals surface area contributed by atoms with Crippen molar-refractivity contribution in [1.29, 1.82) is 0 Å². The lowest BCUT2D eigenvalue weighted by Gasteiger charge is -2.20. The second kappa shape index (κ2) is 6.17. The van der Waals surface area contributed by atoms with E-state index in [9.17, 15) is 14.0 Å². The first-order chi connectivity index (χ1) is 8.81. The zero-order valence-electron chi connectivity index (χ0n) is 10.8. The van der Waals surface area contributed by atoms with E-state index in [4.69, 9.17) is 10.8 Å². The van der Waals surface area contributed by atoms with Crippen molar-refractivity contribution in [2.45, 2.75) is 26.3 Å². The van der Waals surface area contributed by atoms with E-state index in [1.54, 1.807) is 13.8 Å². The fourth-order valence-electron chi connectivity index (χ4n) is 1.56. The smallest absolute Gasteiger partial charge is 0.305 e. The van der Waals surface area contributed by atoms with Crippen LogP contribution in [0.2, 0.25) is 0 Å². The molecule has 6 heteroatoms. The van der Waals surface area contributed by atoms with Gasteiger partial charge < -0.3 is 16.2 Å². The number of nitrogen functional groups attached to an aromatic ring is 1. The number of carboxylic acid groups (broad SMARTS) is 1. The van der Waals surface area contributed by atoms with Crippen molar-refractivity contribution in [3.05, 3.63) is 29.6 Å². The van der Waals surface area contributed by atoms with Crippen LogP contribution in [-0.2, 0) is 4.79 Å². The van der Waals surface area contributed by atoms with E-state index < -0.39 is 23.7 Å². The number of carbonyl (C=O) groups excluding carboxylic acids is 1. The highest BCUT2D eigenvalue weighted by Gasteiger charge is 2.20. The lowest BCUT2D eigenvalue weighted by atomic mass is 10.0. The van der Waals surface area contributed by atoms with Crippen LogP contribution in [0.25, 0.3) is 0 Å². The number of hydrogen-bond acceptors (Lipinski definition) is 3. The molecule has 1 rings (SSSR count). The average molecular weight is 268 g/mol. The van der Waals surface area contributed by atoms with E-state index in [0.717, 1.165) is 6.07 Å². The number of anilines is 1. The normalized spacial score (nSPS) is 12.2. The zero-order valence-corrected chi connectivity index (χ0v) is 10.8. The van der Waals surface area contributed by atoms with Crippen LogP contribution < -0.4 is 11.1 Å². The van der Waals surface area contributed by atoms with Gasteiger partial charge in [-0.25, -0.2) is 4.39 Å². The average Bonchev–Trinajstić information content (AvgIpc) is 2.31. The number of rotatable bonds is 5. The summed E-state index contributed by atoms with van der Waals surface area (Å²) in [7, 11) is 0. The van der Waals surface area contributed by atoms with E-state index in [1.807, 2.05) is 0 Å². The Kier molecular flexibility index (Phi) is 4.86. The molecule has 1 unspecified atom stereocenters. The SMILES string of the molecule is CC(C)C(CC(=O)O)NC(=O)c1ccc(N)c(F)c1. The largest absolute Gasteiger partial charge is 0.481 e. The molecule has 4 N–H and O–H groups in total. The Labute approximate surface area is 110 Å². The maximum atomic E-state index is 13.2. The highest BCUT2D eigenvalue weighted by atomic mass is 19.1.